The van der Waals surface area contributed by atoms with Crippen LogP contribution in [-0.2, 0) is 4.79 Å². The summed E-state index contributed by atoms with van der Waals surface area (Å²) in [5.41, 5.74) is 1.59. The molecule has 0 fully saturated rings. The molecule has 0 saturated heterocycles. The van der Waals surface area contributed by atoms with Crippen LogP contribution in [-0.4, -0.2) is 19.1 Å². The number of amides is 1. The van der Waals surface area contributed by atoms with Gasteiger partial charge in [-0.25, -0.2) is 0 Å². The maximum atomic E-state index is 11.9. The molecule has 5 heteroatoms. The third-order valence-electron chi connectivity index (χ3n) is 3.02. The number of ether oxygens (including phenoxy) is 1. The van der Waals surface area contributed by atoms with E-state index in [-0.39, 0.29) is 12.5 Å². The average molecular weight is 333 g/mol. The Bertz CT molecular complexity index is 624. The van der Waals surface area contributed by atoms with Crippen molar-refractivity contribution in [2.45, 2.75) is 13.8 Å². The van der Waals surface area contributed by atoms with Gasteiger partial charge in [-0.05, 0) is 54.4 Å². The highest BCUT2D eigenvalue weighted by molar-refractivity contribution is 6.30. The van der Waals surface area contributed by atoms with E-state index >= 15 is 0 Å². The van der Waals surface area contributed by atoms with Crippen LogP contribution in [0.25, 0.3) is 0 Å². The molecule has 122 valence electrons. The topological polar surface area (TPSA) is 50.4 Å². The summed E-state index contributed by atoms with van der Waals surface area (Å²) < 4.78 is 5.61. The van der Waals surface area contributed by atoms with Crippen molar-refractivity contribution in [3.63, 3.8) is 0 Å². The van der Waals surface area contributed by atoms with Gasteiger partial charge in [0.1, 0.15) is 5.75 Å². The summed E-state index contributed by atoms with van der Waals surface area (Å²) in [6.45, 7) is 5.06. The number of halogens is 1. The monoisotopic (exact) mass is 332 g/mol. The zero-order valence-electron chi connectivity index (χ0n) is 13.3. The third-order valence-corrected chi connectivity index (χ3v) is 3.27. The molecule has 0 unspecified atom stereocenters. The molecular weight excluding hydrogens is 312 g/mol. The number of carbonyl (C=O) groups is 1. The fourth-order valence-corrected chi connectivity index (χ4v) is 1.98. The number of rotatable bonds is 7. The molecule has 0 saturated carbocycles. The van der Waals surface area contributed by atoms with Gasteiger partial charge in [0.25, 0.3) is 0 Å². The number of hydrogen-bond acceptors (Lipinski definition) is 3. The van der Waals surface area contributed by atoms with E-state index in [1.165, 1.54) is 0 Å². The molecule has 0 aliphatic rings. The van der Waals surface area contributed by atoms with Crippen molar-refractivity contribution in [3.8, 4) is 5.75 Å². The van der Waals surface area contributed by atoms with Gasteiger partial charge in [0, 0.05) is 16.4 Å². The molecule has 2 aromatic rings. The van der Waals surface area contributed by atoms with E-state index in [2.05, 4.69) is 24.5 Å². The van der Waals surface area contributed by atoms with Crippen LogP contribution in [0.4, 0.5) is 11.4 Å². The molecular formula is C18H21ClN2O2. The van der Waals surface area contributed by atoms with Crippen LogP contribution in [0.15, 0.2) is 48.5 Å². The average Bonchev–Trinajstić information content (AvgIpc) is 2.53. The van der Waals surface area contributed by atoms with Crippen molar-refractivity contribution in [3.05, 3.63) is 53.6 Å². The molecule has 0 radical (unpaired) electrons. The van der Waals surface area contributed by atoms with Gasteiger partial charge in [-0.1, -0.05) is 25.4 Å². The van der Waals surface area contributed by atoms with Crippen molar-refractivity contribution in [2.75, 3.05) is 23.8 Å². The first kappa shape index (κ1) is 17.2. The van der Waals surface area contributed by atoms with E-state index in [0.29, 0.717) is 17.5 Å². The molecule has 0 aliphatic carbocycles. The molecule has 0 spiro atoms. The van der Waals surface area contributed by atoms with Gasteiger partial charge in [0.2, 0.25) is 5.91 Å². The van der Waals surface area contributed by atoms with E-state index in [1.54, 1.807) is 12.1 Å². The number of nitrogens with one attached hydrogen (secondary N) is 2. The second-order valence-electron chi connectivity index (χ2n) is 5.64. The zero-order chi connectivity index (χ0) is 16.7. The van der Waals surface area contributed by atoms with E-state index in [4.69, 9.17) is 16.3 Å². The molecule has 0 heterocycles. The second kappa shape index (κ2) is 8.44. The van der Waals surface area contributed by atoms with Gasteiger partial charge in [-0.3, -0.25) is 4.79 Å². The first-order chi connectivity index (χ1) is 11.0. The fourth-order valence-electron chi connectivity index (χ4n) is 1.85. The lowest BCUT2D eigenvalue weighted by Crippen LogP contribution is -2.21. The van der Waals surface area contributed by atoms with Gasteiger partial charge in [0.05, 0.1) is 13.2 Å². The first-order valence-electron chi connectivity index (χ1n) is 7.55. The predicted octanol–water partition coefficient (Wildman–Crippen LogP) is 4.43. The molecule has 2 rings (SSSR count). The van der Waals surface area contributed by atoms with Gasteiger partial charge < -0.3 is 15.4 Å². The maximum absolute atomic E-state index is 11.9. The van der Waals surface area contributed by atoms with Crippen LogP contribution in [0.2, 0.25) is 5.02 Å². The van der Waals surface area contributed by atoms with Crippen LogP contribution in [0.5, 0.6) is 5.75 Å². The lowest BCUT2D eigenvalue weighted by atomic mass is 10.2. The summed E-state index contributed by atoms with van der Waals surface area (Å²) in [5.74, 6) is 1.17. The number of carbonyl (C=O) groups excluding carboxylic acids is 1. The van der Waals surface area contributed by atoms with E-state index in [0.717, 1.165) is 17.1 Å². The maximum Gasteiger partial charge on any atom is 0.243 e. The summed E-state index contributed by atoms with van der Waals surface area (Å²) in [6, 6.07) is 14.6. The Morgan fingerprint density at radius 2 is 1.65 bits per heavy atom. The van der Waals surface area contributed by atoms with Crippen molar-refractivity contribution < 1.29 is 9.53 Å². The lowest BCUT2D eigenvalue weighted by molar-refractivity contribution is -0.114. The van der Waals surface area contributed by atoms with E-state index in [9.17, 15) is 4.79 Å². The predicted molar refractivity (Wildman–Crippen MR) is 95.3 cm³/mol. The summed E-state index contributed by atoms with van der Waals surface area (Å²) >= 11 is 5.82. The lowest BCUT2D eigenvalue weighted by Gasteiger charge is -2.10. The minimum absolute atomic E-state index is 0.115. The smallest absolute Gasteiger partial charge is 0.243 e. The summed E-state index contributed by atoms with van der Waals surface area (Å²) in [4.78, 5) is 11.9. The van der Waals surface area contributed by atoms with Crippen molar-refractivity contribution >= 4 is 28.9 Å². The van der Waals surface area contributed by atoms with E-state index < -0.39 is 0 Å². The molecule has 4 nitrogen and oxygen atoms in total. The van der Waals surface area contributed by atoms with Gasteiger partial charge in [-0.15, -0.1) is 0 Å². The third kappa shape index (κ3) is 6.20. The Balaban J connectivity index is 1.79. The highest BCUT2D eigenvalue weighted by Gasteiger charge is 2.03. The fraction of sp³-hybridized carbons (Fsp3) is 0.278. The normalized spacial score (nSPS) is 10.4. The van der Waals surface area contributed by atoms with E-state index in [1.807, 2.05) is 36.4 Å². The quantitative estimate of drug-likeness (QED) is 0.788. The minimum Gasteiger partial charge on any atom is -0.493 e. The molecule has 1 amide bonds. The molecule has 0 aromatic heterocycles. The van der Waals surface area contributed by atoms with Crippen LogP contribution in [0.1, 0.15) is 13.8 Å². The Hall–Kier alpha value is -2.20. The standard InChI is InChI=1S/C18H21ClN2O2/c1-13(2)12-23-17-9-7-16(8-10-17)21-18(22)11-20-15-5-3-14(19)4-6-15/h3-10,13,20H,11-12H2,1-2H3,(H,21,22). The van der Waals surface area contributed by atoms with Crippen molar-refractivity contribution in [2.24, 2.45) is 5.92 Å². The Morgan fingerprint density at radius 3 is 2.26 bits per heavy atom. The molecule has 0 aliphatic heterocycles. The van der Waals surface area contributed by atoms with Gasteiger partial charge in [-0.2, -0.15) is 0 Å². The molecule has 2 N–H and O–H groups in total. The number of anilines is 2. The van der Waals surface area contributed by atoms with Crippen LogP contribution in [0, 0.1) is 5.92 Å². The highest BCUT2D eigenvalue weighted by atomic mass is 35.5. The number of hydrogen-bond donors (Lipinski definition) is 2. The summed E-state index contributed by atoms with van der Waals surface area (Å²) in [7, 11) is 0. The molecule has 0 atom stereocenters. The molecule has 0 bridgehead atoms. The largest absolute Gasteiger partial charge is 0.493 e. The molecule has 2 aromatic carbocycles. The molecule has 23 heavy (non-hydrogen) atoms. The highest BCUT2D eigenvalue weighted by Crippen LogP contribution is 2.17. The summed E-state index contributed by atoms with van der Waals surface area (Å²) in [6.07, 6.45) is 0. The Morgan fingerprint density at radius 1 is 1.04 bits per heavy atom. The second-order valence-corrected chi connectivity index (χ2v) is 6.07. The SMILES string of the molecule is CC(C)COc1ccc(NC(=O)CNc2ccc(Cl)cc2)cc1. The Labute approximate surface area is 141 Å². The zero-order valence-corrected chi connectivity index (χ0v) is 14.1. The number of benzene rings is 2. The van der Waals surface area contributed by atoms with Gasteiger partial charge >= 0.3 is 0 Å². The first-order valence-corrected chi connectivity index (χ1v) is 7.93. The summed E-state index contributed by atoms with van der Waals surface area (Å²) in [5, 5.41) is 6.54. The minimum atomic E-state index is -0.115. The van der Waals surface area contributed by atoms with Crippen LogP contribution in [0.3, 0.4) is 0 Å². The van der Waals surface area contributed by atoms with Crippen LogP contribution < -0.4 is 15.4 Å². The van der Waals surface area contributed by atoms with Crippen molar-refractivity contribution in [1.29, 1.82) is 0 Å². The van der Waals surface area contributed by atoms with Gasteiger partial charge in [0.15, 0.2) is 0 Å². The van der Waals surface area contributed by atoms with Crippen molar-refractivity contribution in [1.82, 2.24) is 0 Å². The van der Waals surface area contributed by atoms with Crippen LogP contribution >= 0.6 is 11.6 Å². The Kier molecular flexibility index (Phi) is 6.29.